The molecule has 4 heterocycles. The summed E-state index contributed by atoms with van der Waals surface area (Å²) in [6.45, 7) is -0.404. The summed E-state index contributed by atoms with van der Waals surface area (Å²) in [5.41, 5.74) is -0.755. The number of rotatable bonds is 4. The van der Waals surface area contributed by atoms with Gasteiger partial charge in [-0.1, -0.05) is 0 Å². The molecule has 1 saturated heterocycles. The van der Waals surface area contributed by atoms with Gasteiger partial charge in [0, 0.05) is 39.2 Å². The van der Waals surface area contributed by atoms with Gasteiger partial charge < -0.3 is 9.47 Å². The first-order valence-corrected chi connectivity index (χ1v) is 9.45. The van der Waals surface area contributed by atoms with Crippen LogP contribution in [-0.2, 0) is 11.3 Å². The lowest BCUT2D eigenvalue weighted by atomic mass is 9.98. The fraction of sp³-hybridized carbons (Fsp3) is 0.316. The minimum Gasteiger partial charge on any atom is -0.334 e. The number of carbonyl (C=O) groups excluding carboxylic acids is 1. The number of thiophene rings is 1. The Morgan fingerprint density at radius 3 is 2.82 bits per heavy atom. The van der Waals surface area contributed by atoms with Crippen molar-refractivity contribution >= 4 is 27.3 Å². The first-order valence-electron chi connectivity index (χ1n) is 8.57. The van der Waals surface area contributed by atoms with E-state index >= 15 is 0 Å². The van der Waals surface area contributed by atoms with Crippen LogP contribution in [0, 0.1) is 12.9 Å². The van der Waals surface area contributed by atoms with Crippen molar-refractivity contribution in [2.45, 2.75) is 19.1 Å². The molecule has 0 N–H and O–H groups in total. The summed E-state index contributed by atoms with van der Waals surface area (Å²) in [5, 5.41) is 2.21. The van der Waals surface area contributed by atoms with Crippen LogP contribution in [-0.4, -0.2) is 45.8 Å². The van der Waals surface area contributed by atoms with E-state index in [9.17, 15) is 22.8 Å². The van der Waals surface area contributed by atoms with E-state index in [0.717, 1.165) is 4.70 Å². The maximum Gasteiger partial charge on any atom is 0.260 e. The topological polar surface area (TPSA) is 55.2 Å². The molecule has 0 spiro atoms. The van der Waals surface area contributed by atoms with Gasteiger partial charge in [-0.05, 0) is 19.1 Å². The van der Waals surface area contributed by atoms with E-state index < -0.39 is 24.2 Å². The molecule has 146 valence electrons. The van der Waals surface area contributed by atoms with E-state index in [0.29, 0.717) is 22.1 Å². The number of halogens is 3. The fourth-order valence-electron chi connectivity index (χ4n) is 3.27. The van der Waals surface area contributed by atoms with Gasteiger partial charge in [-0.3, -0.25) is 9.59 Å². The molecule has 3 aromatic rings. The first kappa shape index (κ1) is 18.7. The van der Waals surface area contributed by atoms with Crippen molar-refractivity contribution in [2.24, 2.45) is 0 Å². The number of aromatic nitrogens is 2. The van der Waals surface area contributed by atoms with Gasteiger partial charge in [0.05, 0.1) is 18.5 Å². The number of amides is 1. The first-order chi connectivity index (χ1) is 13.3. The van der Waals surface area contributed by atoms with Crippen LogP contribution in [0.15, 0.2) is 34.7 Å². The fourth-order valence-corrected chi connectivity index (χ4v) is 4.23. The monoisotopic (exact) mass is 407 g/mol. The molecule has 1 aliphatic rings. The minimum atomic E-state index is -1.97. The molecule has 4 rings (SSSR count). The lowest BCUT2D eigenvalue weighted by Gasteiger charge is -2.42. The largest absolute Gasteiger partial charge is 0.334 e. The summed E-state index contributed by atoms with van der Waals surface area (Å²) in [5.74, 6) is -1.02. The molecule has 0 unspecified atom stereocenters. The zero-order chi connectivity index (χ0) is 20.1. The summed E-state index contributed by atoms with van der Waals surface area (Å²) in [6.07, 6.45) is 2.87. The van der Waals surface area contributed by atoms with Crippen LogP contribution >= 0.6 is 11.3 Å². The maximum absolute atomic E-state index is 13.7. The van der Waals surface area contributed by atoms with Gasteiger partial charge in [-0.2, -0.15) is 4.39 Å². The molecule has 9 heteroatoms. The van der Waals surface area contributed by atoms with Crippen LogP contribution in [0.5, 0.6) is 0 Å². The third-order valence-corrected chi connectivity index (χ3v) is 5.82. The molecule has 1 amide bonds. The Balaban J connectivity index is 1.66. The highest BCUT2D eigenvalue weighted by Gasteiger charge is 2.45. The SMILES string of the molecule is Cc1cc(-c2csc3ccn(CC(=O)N4CC(F)(CF)C4)c(=O)c23)cnc1F. The molecular formula is C19H16F3N3O2S. The lowest BCUT2D eigenvalue weighted by molar-refractivity contribution is -0.147. The van der Waals surface area contributed by atoms with E-state index in [1.807, 2.05) is 0 Å². The van der Waals surface area contributed by atoms with E-state index in [2.05, 4.69) is 4.98 Å². The van der Waals surface area contributed by atoms with E-state index in [-0.39, 0.29) is 25.2 Å². The molecule has 3 aromatic heterocycles. The number of hydrogen-bond acceptors (Lipinski definition) is 4. The molecule has 0 bridgehead atoms. The highest BCUT2D eigenvalue weighted by atomic mass is 32.1. The van der Waals surface area contributed by atoms with Crippen molar-refractivity contribution in [1.29, 1.82) is 0 Å². The Morgan fingerprint density at radius 2 is 2.14 bits per heavy atom. The van der Waals surface area contributed by atoms with Crippen molar-refractivity contribution in [2.75, 3.05) is 19.8 Å². The van der Waals surface area contributed by atoms with Crippen LogP contribution in [0.4, 0.5) is 13.2 Å². The van der Waals surface area contributed by atoms with Gasteiger partial charge in [0.25, 0.3) is 5.56 Å². The number of aryl methyl sites for hydroxylation is 1. The molecule has 1 aliphatic heterocycles. The summed E-state index contributed by atoms with van der Waals surface area (Å²) >= 11 is 1.36. The Kier molecular flexibility index (Phi) is 4.49. The van der Waals surface area contributed by atoms with E-state index in [1.165, 1.54) is 33.2 Å². The third kappa shape index (κ3) is 3.09. The van der Waals surface area contributed by atoms with Crippen molar-refractivity contribution in [3.8, 4) is 11.1 Å². The smallest absolute Gasteiger partial charge is 0.260 e. The molecule has 0 aliphatic carbocycles. The second-order valence-electron chi connectivity index (χ2n) is 7.00. The Bertz CT molecular complexity index is 1140. The third-order valence-electron chi connectivity index (χ3n) is 4.87. The molecule has 0 atom stereocenters. The van der Waals surface area contributed by atoms with Gasteiger partial charge in [0.1, 0.15) is 13.2 Å². The van der Waals surface area contributed by atoms with Gasteiger partial charge in [0.15, 0.2) is 5.67 Å². The quantitative estimate of drug-likeness (QED) is 0.625. The number of likely N-dealkylation sites (tertiary alicyclic amines) is 1. The zero-order valence-corrected chi connectivity index (χ0v) is 15.7. The number of fused-ring (bicyclic) bond motifs is 1. The molecule has 28 heavy (non-hydrogen) atoms. The predicted molar refractivity (Wildman–Crippen MR) is 100 cm³/mol. The number of nitrogens with zero attached hydrogens (tertiary/aromatic N) is 3. The Hall–Kier alpha value is -2.68. The molecule has 0 saturated carbocycles. The van der Waals surface area contributed by atoms with Crippen molar-refractivity contribution in [3.63, 3.8) is 0 Å². The highest BCUT2D eigenvalue weighted by Crippen LogP contribution is 2.32. The number of hydrogen-bond donors (Lipinski definition) is 0. The number of pyridine rings is 2. The normalized spacial score (nSPS) is 15.6. The second kappa shape index (κ2) is 6.73. The van der Waals surface area contributed by atoms with Crippen molar-refractivity contribution in [3.05, 3.63) is 51.8 Å². The van der Waals surface area contributed by atoms with Crippen LogP contribution in [0.25, 0.3) is 21.2 Å². The summed E-state index contributed by atoms with van der Waals surface area (Å²) in [7, 11) is 0. The number of carbonyl (C=O) groups is 1. The molecule has 5 nitrogen and oxygen atoms in total. The minimum absolute atomic E-state index is 0.257. The molecule has 0 radical (unpaired) electrons. The maximum atomic E-state index is 13.7. The summed E-state index contributed by atoms with van der Waals surface area (Å²) < 4.78 is 41.7. The summed E-state index contributed by atoms with van der Waals surface area (Å²) in [4.78, 5) is 30.1. The predicted octanol–water partition coefficient (Wildman–Crippen LogP) is 3.09. The highest BCUT2D eigenvalue weighted by molar-refractivity contribution is 7.17. The second-order valence-corrected chi connectivity index (χ2v) is 7.91. The van der Waals surface area contributed by atoms with Crippen molar-refractivity contribution < 1.29 is 18.0 Å². The van der Waals surface area contributed by atoms with Crippen LogP contribution in [0.2, 0.25) is 0 Å². The standard InChI is InChI=1S/C19H16F3N3O2S/c1-11-4-12(5-23-17(11)21)13-7-28-14-2-3-24(18(27)16(13)14)6-15(26)25-9-19(22,8-20)10-25/h2-5,7H,6,8-10H2,1H3. The van der Waals surface area contributed by atoms with Crippen LogP contribution in [0.1, 0.15) is 5.56 Å². The van der Waals surface area contributed by atoms with Crippen LogP contribution in [0.3, 0.4) is 0 Å². The average molecular weight is 407 g/mol. The zero-order valence-electron chi connectivity index (χ0n) is 14.9. The van der Waals surface area contributed by atoms with Gasteiger partial charge >= 0.3 is 0 Å². The van der Waals surface area contributed by atoms with Gasteiger partial charge in [-0.15, -0.1) is 11.3 Å². The average Bonchev–Trinajstić information content (AvgIpc) is 3.08. The molecule has 1 fully saturated rings. The number of alkyl halides is 2. The van der Waals surface area contributed by atoms with Gasteiger partial charge in [-0.25, -0.2) is 13.8 Å². The van der Waals surface area contributed by atoms with Crippen LogP contribution < -0.4 is 5.56 Å². The lowest BCUT2D eigenvalue weighted by Crippen LogP contribution is -2.62. The summed E-state index contributed by atoms with van der Waals surface area (Å²) in [6, 6.07) is 3.34. The van der Waals surface area contributed by atoms with Crippen molar-refractivity contribution in [1.82, 2.24) is 14.5 Å². The van der Waals surface area contributed by atoms with Gasteiger partial charge in [0.2, 0.25) is 11.9 Å². The Labute approximate surface area is 162 Å². The van der Waals surface area contributed by atoms with E-state index in [4.69, 9.17) is 0 Å². The molecule has 0 aromatic carbocycles. The van der Waals surface area contributed by atoms with E-state index in [1.54, 1.807) is 24.4 Å². The Morgan fingerprint density at radius 1 is 1.39 bits per heavy atom. The molecular weight excluding hydrogens is 391 g/mol.